The number of anilines is 1. The maximum absolute atomic E-state index is 14.0. The van der Waals surface area contributed by atoms with E-state index in [4.69, 9.17) is 9.47 Å². The zero-order valence-electron chi connectivity index (χ0n) is 16.5. The first-order valence-corrected chi connectivity index (χ1v) is 8.34. The summed E-state index contributed by atoms with van der Waals surface area (Å²) in [5, 5.41) is 13.6. The first-order valence-electron chi connectivity index (χ1n) is 8.34. The van der Waals surface area contributed by atoms with Crippen molar-refractivity contribution >= 4 is 23.2 Å². The van der Waals surface area contributed by atoms with Gasteiger partial charge in [-0.3, -0.25) is 19.7 Å². The van der Waals surface area contributed by atoms with Gasteiger partial charge in [-0.15, -0.1) is 0 Å². The molecule has 1 N–H and O–H groups in total. The lowest BCUT2D eigenvalue weighted by Gasteiger charge is -2.18. The molecule has 9 nitrogen and oxygen atoms in total. The van der Waals surface area contributed by atoms with Crippen LogP contribution in [0.3, 0.4) is 0 Å². The van der Waals surface area contributed by atoms with Crippen LogP contribution >= 0.6 is 0 Å². The summed E-state index contributed by atoms with van der Waals surface area (Å²) in [7, 11) is 5.84. The normalized spacial score (nSPS) is 10.3. The summed E-state index contributed by atoms with van der Waals surface area (Å²) in [5.41, 5.74) is -0.788. The molecule has 0 heterocycles. The smallest absolute Gasteiger partial charge is 0.276 e. The molecule has 0 spiro atoms. The van der Waals surface area contributed by atoms with Crippen LogP contribution in [0.25, 0.3) is 0 Å². The van der Waals surface area contributed by atoms with Crippen LogP contribution in [0, 0.1) is 22.9 Å². The molecule has 0 bridgehead atoms. The van der Waals surface area contributed by atoms with Crippen LogP contribution in [0.2, 0.25) is 0 Å². The van der Waals surface area contributed by atoms with Crippen molar-refractivity contribution in [3.8, 4) is 11.5 Å². The van der Waals surface area contributed by atoms with Gasteiger partial charge in [-0.05, 0) is 19.1 Å². The number of rotatable bonds is 6. The van der Waals surface area contributed by atoms with E-state index in [9.17, 15) is 24.1 Å². The maximum atomic E-state index is 14.0. The van der Waals surface area contributed by atoms with Gasteiger partial charge in [0.2, 0.25) is 0 Å². The van der Waals surface area contributed by atoms with Gasteiger partial charge in [0.15, 0.2) is 11.5 Å². The van der Waals surface area contributed by atoms with Crippen LogP contribution in [0.4, 0.5) is 15.8 Å². The molecule has 154 valence electrons. The highest BCUT2D eigenvalue weighted by Crippen LogP contribution is 2.34. The third-order valence-corrected chi connectivity index (χ3v) is 4.18. The summed E-state index contributed by atoms with van der Waals surface area (Å²) in [6, 6.07) is 4.65. The van der Waals surface area contributed by atoms with Gasteiger partial charge >= 0.3 is 0 Å². The Morgan fingerprint density at radius 2 is 1.69 bits per heavy atom. The Morgan fingerprint density at radius 1 is 1.10 bits per heavy atom. The second-order valence-electron chi connectivity index (χ2n) is 6.27. The second-order valence-corrected chi connectivity index (χ2v) is 6.27. The Hall–Kier alpha value is -3.69. The molecular formula is C19H20FN3O6. The zero-order valence-corrected chi connectivity index (χ0v) is 16.5. The van der Waals surface area contributed by atoms with Gasteiger partial charge in [-0.1, -0.05) is 0 Å². The Balaban J connectivity index is 2.54. The number of ether oxygens (including phenoxy) is 2. The van der Waals surface area contributed by atoms with Gasteiger partial charge < -0.3 is 19.7 Å². The molecule has 10 heteroatoms. The van der Waals surface area contributed by atoms with Crippen LogP contribution < -0.4 is 14.8 Å². The number of carbonyl (C=O) groups is 2. The monoisotopic (exact) mass is 405 g/mol. The molecule has 0 aliphatic carbocycles. The standard InChI is InChI=1S/C19H20FN3O6/c1-10-13(20)6-11(7-15(10)23(26)27)18(24)21-14-9-17(29-5)16(28-4)8-12(14)19(25)22(2)3/h6-9H,1-5H3,(H,21,24). The summed E-state index contributed by atoms with van der Waals surface area (Å²) < 4.78 is 24.4. The van der Waals surface area contributed by atoms with Gasteiger partial charge in [0.05, 0.1) is 36.0 Å². The average Bonchev–Trinajstić information content (AvgIpc) is 2.68. The molecule has 0 saturated heterocycles. The predicted octanol–water partition coefficient (Wildman–Crippen LogP) is 3.01. The van der Waals surface area contributed by atoms with Crippen molar-refractivity contribution in [2.75, 3.05) is 33.6 Å². The SMILES string of the molecule is COc1cc(NC(=O)c2cc(F)c(C)c([N+](=O)[O-])c2)c(C(=O)N(C)C)cc1OC. The van der Waals surface area contributed by atoms with Gasteiger partial charge in [-0.2, -0.15) is 0 Å². The lowest BCUT2D eigenvalue weighted by molar-refractivity contribution is -0.385. The molecule has 0 saturated carbocycles. The molecule has 2 aromatic rings. The fourth-order valence-corrected chi connectivity index (χ4v) is 2.58. The average molecular weight is 405 g/mol. The molecule has 2 amide bonds. The number of nitro groups is 1. The fraction of sp³-hybridized carbons (Fsp3) is 0.263. The number of hydrogen-bond acceptors (Lipinski definition) is 6. The van der Waals surface area contributed by atoms with Crippen molar-refractivity contribution in [1.29, 1.82) is 0 Å². The quantitative estimate of drug-likeness (QED) is 0.584. The molecule has 29 heavy (non-hydrogen) atoms. The molecule has 2 aromatic carbocycles. The first-order chi connectivity index (χ1) is 13.6. The zero-order chi connectivity index (χ0) is 21.9. The van der Waals surface area contributed by atoms with Crippen LogP contribution in [0.15, 0.2) is 24.3 Å². The summed E-state index contributed by atoms with van der Waals surface area (Å²) in [4.78, 5) is 36.8. The molecule has 0 fully saturated rings. The van der Waals surface area contributed by atoms with Crippen molar-refractivity contribution in [2.45, 2.75) is 6.92 Å². The highest BCUT2D eigenvalue weighted by atomic mass is 19.1. The van der Waals surface area contributed by atoms with Crippen molar-refractivity contribution in [3.05, 3.63) is 56.9 Å². The highest BCUT2D eigenvalue weighted by molar-refractivity contribution is 6.09. The largest absolute Gasteiger partial charge is 0.493 e. The number of nitro benzene ring substituents is 1. The van der Waals surface area contributed by atoms with Gasteiger partial charge in [0.25, 0.3) is 17.5 Å². The van der Waals surface area contributed by atoms with Crippen molar-refractivity contribution in [3.63, 3.8) is 0 Å². The Bertz CT molecular complexity index is 990. The number of hydrogen-bond donors (Lipinski definition) is 1. The van der Waals surface area contributed by atoms with Crippen LogP contribution in [-0.4, -0.2) is 50.0 Å². The maximum Gasteiger partial charge on any atom is 0.276 e. The molecule has 0 atom stereocenters. The molecule has 0 aromatic heterocycles. The minimum Gasteiger partial charge on any atom is -0.493 e. The topological polar surface area (TPSA) is 111 Å². The summed E-state index contributed by atoms with van der Waals surface area (Å²) in [6.07, 6.45) is 0. The van der Waals surface area contributed by atoms with Gasteiger partial charge in [-0.25, -0.2) is 4.39 Å². The van der Waals surface area contributed by atoms with E-state index >= 15 is 0 Å². The summed E-state index contributed by atoms with van der Waals surface area (Å²) in [6.45, 7) is 1.25. The number of amides is 2. The molecule has 0 aliphatic rings. The van der Waals surface area contributed by atoms with E-state index < -0.39 is 28.2 Å². The number of nitrogens with zero attached hydrogens (tertiary/aromatic N) is 2. The van der Waals surface area contributed by atoms with E-state index in [1.807, 2.05) is 0 Å². The van der Waals surface area contributed by atoms with E-state index in [-0.39, 0.29) is 33.9 Å². The molecule has 0 radical (unpaired) electrons. The Kier molecular flexibility index (Phi) is 6.37. The van der Waals surface area contributed by atoms with Crippen molar-refractivity contribution in [2.24, 2.45) is 0 Å². The van der Waals surface area contributed by atoms with Crippen LogP contribution in [-0.2, 0) is 0 Å². The summed E-state index contributed by atoms with van der Waals surface area (Å²) >= 11 is 0. The third kappa shape index (κ3) is 4.42. The van der Waals surface area contributed by atoms with Crippen LogP contribution in [0.1, 0.15) is 26.3 Å². The number of carbonyl (C=O) groups excluding carboxylic acids is 2. The number of methoxy groups -OCH3 is 2. The Labute approximate surface area is 166 Å². The lowest BCUT2D eigenvalue weighted by atomic mass is 10.1. The molecule has 2 rings (SSSR count). The fourth-order valence-electron chi connectivity index (χ4n) is 2.58. The van der Waals surface area contributed by atoms with E-state index in [0.29, 0.717) is 0 Å². The summed E-state index contributed by atoms with van der Waals surface area (Å²) in [5.74, 6) is -1.62. The minimum absolute atomic E-state index is 0.0787. The molecular weight excluding hydrogens is 385 g/mol. The van der Waals surface area contributed by atoms with Crippen molar-refractivity contribution in [1.82, 2.24) is 4.90 Å². The van der Waals surface area contributed by atoms with Gasteiger partial charge in [0, 0.05) is 31.8 Å². The number of benzene rings is 2. The highest BCUT2D eigenvalue weighted by Gasteiger charge is 2.23. The number of halogens is 1. The predicted molar refractivity (Wildman–Crippen MR) is 103 cm³/mol. The Morgan fingerprint density at radius 3 is 2.21 bits per heavy atom. The minimum atomic E-state index is -0.888. The number of nitrogens with one attached hydrogen (secondary N) is 1. The van der Waals surface area contributed by atoms with E-state index in [2.05, 4.69) is 5.32 Å². The lowest BCUT2D eigenvalue weighted by Crippen LogP contribution is -2.24. The third-order valence-electron chi connectivity index (χ3n) is 4.18. The van der Waals surface area contributed by atoms with E-state index in [1.165, 1.54) is 52.3 Å². The van der Waals surface area contributed by atoms with E-state index in [0.717, 1.165) is 12.1 Å². The van der Waals surface area contributed by atoms with Gasteiger partial charge in [0.1, 0.15) is 5.82 Å². The second kappa shape index (κ2) is 8.55. The molecule has 0 aliphatic heterocycles. The van der Waals surface area contributed by atoms with Crippen molar-refractivity contribution < 1.29 is 28.4 Å². The molecule has 0 unspecified atom stereocenters. The first kappa shape index (κ1) is 21.6. The van der Waals surface area contributed by atoms with E-state index in [1.54, 1.807) is 0 Å². The van der Waals surface area contributed by atoms with Crippen LogP contribution in [0.5, 0.6) is 11.5 Å².